The van der Waals surface area contributed by atoms with Crippen molar-refractivity contribution >= 4 is 17.3 Å². The van der Waals surface area contributed by atoms with Gasteiger partial charge in [0.2, 0.25) is 5.91 Å². The maximum Gasteiger partial charge on any atom is 0.244 e. The van der Waals surface area contributed by atoms with Crippen LogP contribution in [0.4, 0.5) is 11.4 Å². The second kappa shape index (κ2) is 4.74. The van der Waals surface area contributed by atoms with Gasteiger partial charge in [-0.1, -0.05) is 12.1 Å². The van der Waals surface area contributed by atoms with Crippen LogP contribution in [0.5, 0.6) is 0 Å². The standard InChI is InChI=1S/C14H19N3O2/c1-14(6-7-19-9-14)17-13(18)12-8-15-10-4-2-3-5-11(10)16-12/h2-5,12,15-16H,6-9H2,1H3,(H,17,18). The van der Waals surface area contributed by atoms with Gasteiger partial charge >= 0.3 is 0 Å². The number of amides is 1. The zero-order chi connectivity index (χ0) is 13.3. The third kappa shape index (κ3) is 2.51. The number of rotatable bonds is 2. The van der Waals surface area contributed by atoms with Gasteiger partial charge in [-0.25, -0.2) is 0 Å². The van der Waals surface area contributed by atoms with E-state index in [4.69, 9.17) is 4.74 Å². The first-order chi connectivity index (χ1) is 9.16. The molecule has 0 bridgehead atoms. The monoisotopic (exact) mass is 261 g/mol. The number of carbonyl (C=O) groups is 1. The first kappa shape index (κ1) is 12.3. The van der Waals surface area contributed by atoms with Crippen molar-refractivity contribution in [3.8, 4) is 0 Å². The molecule has 19 heavy (non-hydrogen) atoms. The molecule has 5 nitrogen and oxygen atoms in total. The van der Waals surface area contributed by atoms with Crippen LogP contribution in [0.25, 0.3) is 0 Å². The molecule has 1 fully saturated rings. The smallest absolute Gasteiger partial charge is 0.244 e. The lowest BCUT2D eigenvalue weighted by atomic mass is 10.0. The zero-order valence-electron chi connectivity index (χ0n) is 11.0. The quantitative estimate of drug-likeness (QED) is 0.748. The van der Waals surface area contributed by atoms with Crippen LogP contribution in [0.1, 0.15) is 13.3 Å². The summed E-state index contributed by atoms with van der Waals surface area (Å²) >= 11 is 0. The van der Waals surface area contributed by atoms with Gasteiger partial charge in [0.15, 0.2) is 0 Å². The van der Waals surface area contributed by atoms with E-state index >= 15 is 0 Å². The first-order valence-corrected chi connectivity index (χ1v) is 6.66. The minimum atomic E-state index is -0.243. The van der Waals surface area contributed by atoms with Gasteiger partial charge in [0.05, 0.1) is 23.5 Å². The van der Waals surface area contributed by atoms with Crippen LogP contribution in [0.3, 0.4) is 0 Å². The summed E-state index contributed by atoms with van der Waals surface area (Å²) in [5.41, 5.74) is 1.79. The number of nitrogens with one attached hydrogen (secondary N) is 3. The predicted octanol–water partition coefficient (Wildman–Crippen LogP) is 1.19. The van der Waals surface area contributed by atoms with Crippen LogP contribution in [-0.2, 0) is 9.53 Å². The van der Waals surface area contributed by atoms with Gasteiger partial charge in [0.1, 0.15) is 6.04 Å². The minimum absolute atomic E-state index is 0.0232. The topological polar surface area (TPSA) is 62.4 Å². The van der Waals surface area contributed by atoms with Crippen molar-refractivity contribution in [3.05, 3.63) is 24.3 Å². The van der Waals surface area contributed by atoms with Gasteiger partial charge in [-0.3, -0.25) is 4.79 Å². The fourth-order valence-corrected chi connectivity index (χ4v) is 2.52. The van der Waals surface area contributed by atoms with E-state index in [1.807, 2.05) is 31.2 Å². The molecular formula is C14H19N3O2. The molecular weight excluding hydrogens is 242 g/mol. The van der Waals surface area contributed by atoms with Gasteiger partial charge in [-0.15, -0.1) is 0 Å². The largest absolute Gasteiger partial charge is 0.381 e. The summed E-state index contributed by atoms with van der Waals surface area (Å²) < 4.78 is 5.35. The van der Waals surface area contributed by atoms with Crippen LogP contribution >= 0.6 is 0 Å². The highest BCUT2D eigenvalue weighted by molar-refractivity contribution is 5.89. The third-order valence-electron chi connectivity index (χ3n) is 3.71. The fraction of sp³-hybridized carbons (Fsp3) is 0.500. The van der Waals surface area contributed by atoms with E-state index in [-0.39, 0.29) is 17.5 Å². The summed E-state index contributed by atoms with van der Waals surface area (Å²) in [7, 11) is 0. The Bertz CT molecular complexity index is 483. The molecule has 0 aliphatic carbocycles. The van der Waals surface area contributed by atoms with Crippen LogP contribution in [0.2, 0.25) is 0 Å². The number of benzene rings is 1. The van der Waals surface area contributed by atoms with E-state index in [2.05, 4.69) is 16.0 Å². The van der Waals surface area contributed by atoms with Gasteiger partial charge in [0, 0.05) is 13.2 Å². The molecule has 1 aromatic carbocycles. The molecule has 2 aliphatic rings. The average molecular weight is 261 g/mol. The molecule has 5 heteroatoms. The van der Waals surface area contributed by atoms with E-state index in [1.54, 1.807) is 0 Å². The SMILES string of the molecule is CC1(NC(=O)C2CNc3ccccc3N2)CCOC1. The molecule has 2 aliphatic heterocycles. The Morgan fingerprint density at radius 3 is 2.95 bits per heavy atom. The van der Waals surface area contributed by atoms with Gasteiger partial charge < -0.3 is 20.7 Å². The minimum Gasteiger partial charge on any atom is -0.381 e. The molecule has 0 radical (unpaired) electrons. The molecule has 0 aromatic heterocycles. The summed E-state index contributed by atoms with van der Waals surface area (Å²) in [6.07, 6.45) is 0.871. The number of ether oxygens (including phenoxy) is 1. The van der Waals surface area contributed by atoms with Crippen LogP contribution in [0.15, 0.2) is 24.3 Å². The number of hydrogen-bond donors (Lipinski definition) is 3. The summed E-state index contributed by atoms with van der Waals surface area (Å²) in [6, 6.07) is 7.67. The van der Waals surface area contributed by atoms with Crippen molar-refractivity contribution in [2.45, 2.75) is 24.9 Å². The van der Waals surface area contributed by atoms with E-state index in [1.165, 1.54) is 0 Å². The summed E-state index contributed by atoms with van der Waals surface area (Å²) in [4.78, 5) is 12.3. The Kier molecular flexibility index (Phi) is 3.06. The molecule has 2 unspecified atom stereocenters. The summed E-state index contributed by atoms with van der Waals surface area (Å²) in [5, 5.41) is 9.64. The second-order valence-electron chi connectivity index (χ2n) is 5.48. The Hall–Kier alpha value is -1.75. The third-order valence-corrected chi connectivity index (χ3v) is 3.71. The number of anilines is 2. The second-order valence-corrected chi connectivity index (χ2v) is 5.48. The molecule has 2 atom stereocenters. The maximum absolute atomic E-state index is 12.3. The number of para-hydroxylation sites is 2. The van der Waals surface area contributed by atoms with Crippen LogP contribution in [0, 0.1) is 0 Å². The summed E-state index contributed by atoms with van der Waals surface area (Å²) in [5.74, 6) is 0.0232. The van der Waals surface area contributed by atoms with Crippen molar-refractivity contribution in [2.75, 3.05) is 30.4 Å². The highest BCUT2D eigenvalue weighted by Gasteiger charge is 2.34. The molecule has 0 saturated carbocycles. The Morgan fingerprint density at radius 1 is 1.42 bits per heavy atom. The van der Waals surface area contributed by atoms with Gasteiger partial charge in [-0.2, -0.15) is 0 Å². The highest BCUT2D eigenvalue weighted by atomic mass is 16.5. The van der Waals surface area contributed by atoms with Crippen LogP contribution < -0.4 is 16.0 Å². The lowest BCUT2D eigenvalue weighted by Gasteiger charge is -2.31. The van der Waals surface area contributed by atoms with E-state index in [0.717, 1.165) is 24.4 Å². The molecule has 3 N–H and O–H groups in total. The van der Waals surface area contributed by atoms with Crippen molar-refractivity contribution in [1.82, 2.24) is 5.32 Å². The van der Waals surface area contributed by atoms with E-state index in [9.17, 15) is 4.79 Å². The van der Waals surface area contributed by atoms with Crippen LogP contribution in [-0.4, -0.2) is 37.2 Å². The van der Waals surface area contributed by atoms with Crippen molar-refractivity contribution in [1.29, 1.82) is 0 Å². The lowest BCUT2D eigenvalue weighted by molar-refractivity contribution is -0.123. The Labute approximate surface area is 112 Å². The van der Waals surface area contributed by atoms with Crippen molar-refractivity contribution in [2.24, 2.45) is 0 Å². The van der Waals surface area contributed by atoms with Crippen molar-refractivity contribution < 1.29 is 9.53 Å². The molecule has 3 rings (SSSR count). The van der Waals surface area contributed by atoms with E-state index < -0.39 is 0 Å². The molecule has 1 amide bonds. The van der Waals surface area contributed by atoms with Gasteiger partial charge in [0.25, 0.3) is 0 Å². The molecule has 1 saturated heterocycles. The molecule has 102 valence electrons. The lowest BCUT2D eigenvalue weighted by Crippen LogP contribution is -2.54. The number of hydrogen-bond acceptors (Lipinski definition) is 4. The average Bonchev–Trinajstić information content (AvgIpc) is 2.84. The first-order valence-electron chi connectivity index (χ1n) is 6.66. The Morgan fingerprint density at radius 2 is 2.21 bits per heavy atom. The normalized spacial score (nSPS) is 29.0. The highest BCUT2D eigenvalue weighted by Crippen LogP contribution is 2.25. The molecule has 2 heterocycles. The van der Waals surface area contributed by atoms with Crippen molar-refractivity contribution in [3.63, 3.8) is 0 Å². The Balaban J connectivity index is 1.66. The number of carbonyl (C=O) groups excluding carboxylic acids is 1. The molecule has 0 spiro atoms. The molecule has 1 aromatic rings. The number of fused-ring (bicyclic) bond motifs is 1. The zero-order valence-corrected chi connectivity index (χ0v) is 11.0. The fourth-order valence-electron chi connectivity index (χ4n) is 2.52. The maximum atomic E-state index is 12.3. The summed E-state index contributed by atoms with van der Waals surface area (Å²) in [6.45, 7) is 3.94. The van der Waals surface area contributed by atoms with E-state index in [0.29, 0.717) is 13.2 Å². The predicted molar refractivity (Wildman–Crippen MR) is 74.3 cm³/mol. The van der Waals surface area contributed by atoms with Gasteiger partial charge in [-0.05, 0) is 25.5 Å².